The largest absolute Gasteiger partial charge is 0.480 e. The minimum absolute atomic E-state index is 0.838. The number of carbonyl (C=O) groups excluding carboxylic acids is 1. The molecule has 7 heteroatoms. The number of amides is 1. The standard InChI is InChI=1S/C6H6Cl2FNO3/c1-2(6(12)13)10-5(11)3(9)4(7)8/h2H,1H3,(H,10,11)(H,12,13). The molecule has 0 bridgehead atoms. The Morgan fingerprint density at radius 2 is 1.92 bits per heavy atom. The van der Waals surface area contributed by atoms with Crippen molar-refractivity contribution >= 4 is 35.1 Å². The van der Waals surface area contributed by atoms with Crippen molar-refractivity contribution in [2.45, 2.75) is 13.0 Å². The number of nitrogens with one attached hydrogen (secondary N) is 1. The summed E-state index contributed by atoms with van der Waals surface area (Å²) in [5.74, 6) is -3.95. The fourth-order valence-corrected chi connectivity index (χ4v) is 0.579. The number of carbonyl (C=O) groups is 2. The molecule has 0 aromatic heterocycles. The molecule has 0 saturated carbocycles. The Morgan fingerprint density at radius 3 is 2.23 bits per heavy atom. The Morgan fingerprint density at radius 1 is 1.46 bits per heavy atom. The third kappa shape index (κ3) is 4.10. The SMILES string of the molecule is CC(NC(=O)C(F)=C(Cl)Cl)C(=O)O. The van der Waals surface area contributed by atoms with Gasteiger partial charge in [0.1, 0.15) is 10.5 Å². The lowest BCUT2D eigenvalue weighted by Crippen LogP contribution is -2.38. The van der Waals surface area contributed by atoms with Gasteiger partial charge in [-0.1, -0.05) is 23.2 Å². The van der Waals surface area contributed by atoms with E-state index in [9.17, 15) is 14.0 Å². The van der Waals surface area contributed by atoms with Crippen LogP contribution >= 0.6 is 23.2 Å². The maximum absolute atomic E-state index is 12.6. The van der Waals surface area contributed by atoms with E-state index in [1.807, 2.05) is 5.32 Å². The van der Waals surface area contributed by atoms with Crippen molar-refractivity contribution in [1.82, 2.24) is 5.32 Å². The fourth-order valence-electron chi connectivity index (χ4n) is 0.408. The Kier molecular flexibility index (Phi) is 4.72. The molecule has 0 aliphatic rings. The second kappa shape index (κ2) is 5.04. The van der Waals surface area contributed by atoms with Crippen LogP contribution in [0.15, 0.2) is 10.3 Å². The molecule has 13 heavy (non-hydrogen) atoms. The summed E-state index contributed by atoms with van der Waals surface area (Å²) in [6.45, 7) is 1.18. The molecule has 0 aromatic carbocycles. The average molecular weight is 230 g/mol. The molecule has 1 amide bonds. The Bertz CT molecular complexity index is 263. The lowest BCUT2D eigenvalue weighted by atomic mass is 10.3. The monoisotopic (exact) mass is 229 g/mol. The van der Waals surface area contributed by atoms with Gasteiger partial charge in [-0.25, -0.2) is 0 Å². The number of halogens is 3. The summed E-state index contributed by atoms with van der Waals surface area (Å²) in [5, 5.41) is 10.2. The van der Waals surface area contributed by atoms with Gasteiger partial charge in [-0.15, -0.1) is 0 Å². The van der Waals surface area contributed by atoms with Crippen LogP contribution in [0.1, 0.15) is 6.92 Å². The molecule has 0 rings (SSSR count). The van der Waals surface area contributed by atoms with Crippen molar-refractivity contribution < 1.29 is 19.1 Å². The quantitative estimate of drug-likeness (QED) is 0.715. The van der Waals surface area contributed by atoms with Crippen molar-refractivity contribution in [1.29, 1.82) is 0 Å². The van der Waals surface area contributed by atoms with E-state index < -0.39 is 28.2 Å². The van der Waals surface area contributed by atoms with Gasteiger partial charge in [0.15, 0.2) is 0 Å². The Hall–Kier alpha value is -0.810. The molecule has 4 nitrogen and oxygen atoms in total. The summed E-state index contributed by atoms with van der Waals surface area (Å²) in [7, 11) is 0. The molecule has 2 N–H and O–H groups in total. The number of carboxylic acid groups (broad SMARTS) is 1. The minimum Gasteiger partial charge on any atom is -0.480 e. The zero-order chi connectivity index (χ0) is 10.6. The Labute approximate surface area is 83.3 Å². The van der Waals surface area contributed by atoms with Crippen LogP contribution < -0.4 is 5.32 Å². The zero-order valence-corrected chi connectivity index (χ0v) is 7.99. The molecule has 0 aromatic rings. The smallest absolute Gasteiger partial charge is 0.325 e. The second-order valence-electron chi connectivity index (χ2n) is 2.11. The summed E-state index contributed by atoms with van der Waals surface area (Å²) in [6, 6.07) is -1.20. The first-order valence-electron chi connectivity index (χ1n) is 3.10. The highest BCUT2D eigenvalue weighted by atomic mass is 35.5. The van der Waals surface area contributed by atoms with Gasteiger partial charge in [-0.2, -0.15) is 4.39 Å². The number of carboxylic acids is 1. The van der Waals surface area contributed by atoms with E-state index in [1.165, 1.54) is 6.92 Å². The molecular formula is C6H6Cl2FNO3. The highest BCUT2D eigenvalue weighted by Crippen LogP contribution is 2.15. The van der Waals surface area contributed by atoms with Gasteiger partial charge in [0.2, 0.25) is 5.83 Å². The van der Waals surface area contributed by atoms with Crippen LogP contribution in [-0.2, 0) is 9.59 Å². The molecule has 0 saturated heterocycles. The lowest BCUT2D eigenvalue weighted by molar-refractivity contribution is -0.140. The molecule has 74 valence electrons. The van der Waals surface area contributed by atoms with Crippen LogP contribution in [-0.4, -0.2) is 23.0 Å². The molecular weight excluding hydrogens is 224 g/mol. The van der Waals surface area contributed by atoms with Crippen molar-refractivity contribution in [2.24, 2.45) is 0 Å². The van der Waals surface area contributed by atoms with Crippen LogP contribution in [0.4, 0.5) is 4.39 Å². The van der Waals surface area contributed by atoms with E-state index in [1.54, 1.807) is 0 Å². The first-order valence-corrected chi connectivity index (χ1v) is 3.86. The van der Waals surface area contributed by atoms with Gasteiger partial charge in [0.05, 0.1) is 0 Å². The van der Waals surface area contributed by atoms with Crippen molar-refractivity contribution in [3.63, 3.8) is 0 Å². The predicted octanol–water partition coefficient (Wildman–Crippen LogP) is 1.19. The predicted molar refractivity (Wildman–Crippen MR) is 45.1 cm³/mol. The highest BCUT2D eigenvalue weighted by Gasteiger charge is 2.18. The van der Waals surface area contributed by atoms with E-state index in [-0.39, 0.29) is 0 Å². The van der Waals surface area contributed by atoms with E-state index in [0.29, 0.717) is 0 Å². The molecule has 0 spiro atoms. The van der Waals surface area contributed by atoms with E-state index in [0.717, 1.165) is 0 Å². The molecule has 0 heterocycles. The van der Waals surface area contributed by atoms with E-state index >= 15 is 0 Å². The van der Waals surface area contributed by atoms with Crippen LogP contribution in [0, 0.1) is 0 Å². The lowest BCUT2D eigenvalue weighted by Gasteiger charge is -2.07. The van der Waals surface area contributed by atoms with Crippen LogP contribution in [0.25, 0.3) is 0 Å². The first-order chi connectivity index (χ1) is 5.86. The molecule has 0 aliphatic heterocycles. The van der Waals surface area contributed by atoms with Gasteiger partial charge in [0.25, 0.3) is 5.91 Å². The van der Waals surface area contributed by atoms with E-state index in [4.69, 9.17) is 28.3 Å². The summed E-state index contributed by atoms with van der Waals surface area (Å²) in [6.07, 6.45) is 0. The number of rotatable bonds is 3. The average Bonchev–Trinajstić information content (AvgIpc) is 2.02. The number of hydrogen-bond donors (Lipinski definition) is 2. The highest BCUT2D eigenvalue weighted by molar-refractivity contribution is 6.57. The van der Waals surface area contributed by atoms with Crippen LogP contribution in [0.3, 0.4) is 0 Å². The van der Waals surface area contributed by atoms with Gasteiger partial charge in [0, 0.05) is 0 Å². The molecule has 1 unspecified atom stereocenters. The zero-order valence-electron chi connectivity index (χ0n) is 6.47. The normalized spacial score (nSPS) is 11.7. The number of hydrogen-bond acceptors (Lipinski definition) is 2. The summed E-state index contributed by atoms with van der Waals surface area (Å²) < 4.78 is 11.7. The maximum Gasteiger partial charge on any atom is 0.325 e. The molecule has 0 aliphatic carbocycles. The fraction of sp³-hybridized carbons (Fsp3) is 0.333. The van der Waals surface area contributed by atoms with Gasteiger partial charge in [-0.05, 0) is 6.92 Å². The first kappa shape index (κ1) is 12.2. The maximum atomic E-state index is 12.6. The van der Waals surface area contributed by atoms with Crippen LogP contribution in [0.5, 0.6) is 0 Å². The molecule has 0 radical (unpaired) electrons. The third-order valence-electron chi connectivity index (χ3n) is 1.08. The number of aliphatic carboxylic acids is 1. The van der Waals surface area contributed by atoms with Crippen LogP contribution in [0.2, 0.25) is 0 Å². The summed E-state index contributed by atoms with van der Waals surface area (Å²) in [5.41, 5.74) is 0. The third-order valence-corrected chi connectivity index (χ3v) is 1.42. The van der Waals surface area contributed by atoms with Gasteiger partial charge >= 0.3 is 5.97 Å². The van der Waals surface area contributed by atoms with E-state index in [2.05, 4.69) is 0 Å². The molecule has 0 fully saturated rings. The van der Waals surface area contributed by atoms with Crippen molar-refractivity contribution in [3.8, 4) is 0 Å². The van der Waals surface area contributed by atoms with Gasteiger partial charge < -0.3 is 10.4 Å². The topological polar surface area (TPSA) is 66.4 Å². The Balaban J connectivity index is 4.33. The molecule has 1 atom stereocenters. The van der Waals surface area contributed by atoms with Crippen molar-refractivity contribution in [3.05, 3.63) is 10.3 Å². The van der Waals surface area contributed by atoms with Crippen molar-refractivity contribution in [2.75, 3.05) is 0 Å². The van der Waals surface area contributed by atoms with Gasteiger partial charge in [-0.3, -0.25) is 9.59 Å². The minimum atomic E-state index is -1.41. The summed E-state index contributed by atoms with van der Waals surface area (Å²) in [4.78, 5) is 20.9. The summed E-state index contributed by atoms with van der Waals surface area (Å²) >= 11 is 9.90. The second-order valence-corrected chi connectivity index (χ2v) is 3.06.